The first-order chi connectivity index (χ1) is 27.7. The first-order valence-electron chi connectivity index (χ1n) is 20.1. The van der Waals surface area contributed by atoms with Crippen LogP contribution < -0.4 is 15.5 Å². The lowest BCUT2D eigenvalue weighted by atomic mass is 9.59. The monoisotopic (exact) mass is 821 g/mol. The number of rotatable bonds is 9. The minimum absolute atomic E-state index is 0.0664. The van der Waals surface area contributed by atoms with Crippen LogP contribution >= 0.6 is 11.6 Å². The van der Waals surface area contributed by atoms with Gasteiger partial charge in [0.25, 0.3) is 11.8 Å². The van der Waals surface area contributed by atoms with Gasteiger partial charge < -0.3 is 15.1 Å². The molecule has 1 spiro atoms. The van der Waals surface area contributed by atoms with Gasteiger partial charge in [-0.1, -0.05) is 17.7 Å². The van der Waals surface area contributed by atoms with Crippen LogP contribution in [0.1, 0.15) is 104 Å². The summed E-state index contributed by atoms with van der Waals surface area (Å²) in [7, 11) is 0. The predicted octanol–water partition coefficient (Wildman–Crippen LogP) is 6.41. The highest BCUT2D eigenvalue weighted by Crippen LogP contribution is 2.52. The average Bonchev–Trinajstić information content (AvgIpc) is 3.65. The second kappa shape index (κ2) is 15.4. The van der Waals surface area contributed by atoms with E-state index in [1.807, 2.05) is 30.6 Å². The molecule has 4 heterocycles. The number of hydrogen-bond acceptors (Lipinski definition) is 8. The Kier molecular flexibility index (Phi) is 10.7. The maximum absolute atomic E-state index is 13.6. The van der Waals surface area contributed by atoms with E-state index < -0.39 is 41.0 Å². The molecule has 16 heteroatoms. The molecular formula is C42H47ClF3N7O5. The lowest BCUT2D eigenvalue weighted by molar-refractivity contribution is -0.139. The topological polar surface area (TPSA) is 137 Å². The van der Waals surface area contributed by atoms with E-state index in [1.54, 1.807) is 11.6 Å². The standard InChI is InChI=1S/C42H47ClF3N7O5/c1-26-3-5-30(20-32(26)38(57)52(25-54)35-7-8-36(55)49-37(35)56)51-17-13-40(14-18-51)21-31(22-40)50-15-9-27(10-16-50)28-23-47-53(24-28)41(11-2-12-41)39(58)48-34-6-4-29(19-33(34)43)42(44,45)46/h3-6,19-20,23-25,27,31,35H,2,7-18,21-22H2,1H3,(H,48,58)(H,49,55,56). The summed E-state index contributed by atoms with van der Waals surface area (Å²) >= 11 is 6.14. The molecule has 1 aromatic heterocycles. The summed E-state index contributed by atoms with van der Waals surface area (Å²) in [5.74, 6) is -1.61. The normalized spacial score (nSPS) is 22.5. The van der Waals surface area contributed by atoms with Crippen LogP contribution in [0.25, 0.3) is 0 Å². The third kappa shape index (κ3) is 7.51. The summed E-state index contributed by atoms with van der Waals surface area (Å²) in [5.41, 5.74) is 1.73. The maximum atomic E-state index is 13.6. The third-order valence-corrected chi connectivity index (χ3v) is 13.9. The van der Waals surface area contributed by atoms with Crippen LogP contribution in [0.5, 0.6) is 0 Å². The molecule has 12 nitrogen and oxygen atoms in total. The number of alkyl halides is 3. The maximum Gasteiger partial charge on any atom is 0.416 e. The zero-order valence-corrected chi connectivity index (χ0v) is 33.1. The van der Waals surface area contributed by atoms with Gasteiger partial charge >= 0.3 is 6.18 Å². The van der Waals surface area contributed by atoms with E-state index in [9.17, 15) is 37.1 Å². The minimum Gasteiger partial charge on any atom is -0.371 e. The van der Waals surface area contributed by atoms with Gasteiger partial charge in [-0.2, -0.15) is 18.3 Å². The van der Waals surface area contributed by atoms with Crippen LogP contribution in [0.15, 0.2) is 48.8 Å². The van der Waals surface area contributed by atoms with Crippen molar-refractivity contribution in [3.8, 4) is 0 Å². The Morgan fingerprint density at radius 1 is 1.00 bits per heavy atom. The number of halogens is 4. The number of likely N-dealkylation sites (tertiary alicyclic amines) is 1. The van der Waals surface area contributed by atoms with Crippen molar-refractivity contribution in [2.75, 3.05) is 36.4 Å². The zero-order valence-electron chi connectivity index (χ0n) is 32.3. The van der Waals surface area contributed by atoms with Crippen LogP contribution in [0.2, 0.25) is 5.02 Å². The number of nitrogens with zero attached hydrogens (tertiary/aromatic N) is 5. The van der Waals surface area contributed by atoms with Crippen LogP contribution in [-0.2, 0) is 30.9 Å². The highest BCUT2D eigenvalue weighted by atomic mass is 35.5. The van der Waals surface area contributed by atoms with Gasteiger partial charge in [-0.05, 0) is 137 Å². The van der Waals surface area contributed by atoms with Crippen molar-refractivity contribution in [1.82, 2.24) is 24.9 Å². The number of benzene rings is 2. The van der Waals surface area contributed by atoms with Crippen LogP contribution in [-0.4, -0.2) is 87.9 Å². The van der Waals surface area contributed by atoms with Crippen LogP contribution in [0.4, 0.5) is 24.5 Å². The van der Waals surface area contributed by atoms with Crippen molar-refractivity contribution in [3.05, 3.63) is 76.1 Å². The molecule has 3 aromatic rings. The molecule has 0 bridgehead atoms. The number of hydrogen-bond donors (Lipinski definition) is 2. The molecule has 3 aliphatic heterocycles. The van der Waals surface area contributed by atoms with Crippen molar-refractivity contribution in [2.45, 2.75) is 107 Å². The van der Waals surface area contributed by atoms with Gasteiger partial charge in [0.1, 0.15) is 11.6 Å². The molecule has 2 N–H and O–H groups in total. The number of piperidine rings is 3. The van der Waals surface area contributed by atoms with E-state index in [1.165, 1.54) is 6.07 Å². The molecule has 5 amide bonds. The molecule has 3 saturated heterocycles. The molecule has 0 radical (unpaired) electrons. The van der Waals surface area contributed by atoms with Crippen LogP contribution in [0, 0.1) is 12.3 Å². The van der Waals surface area contributed by atoms with E-state index in [0.717, 1.165) is 99.4 Å². The fraction of sp³-hybridized carbons (Fsp3) is 0.524. The Labute approximate surface area is 339 Å². The van der Waals surface area contributed by atoms with Crippen molar-refractivity contribution < 1.29 is 37.1 Å². The number of carbonyl (C=O) groups is 5. The highest BCUT2D eigenvalue weighted by molar-refractivity contribution is 6.33. The summed E-state index contributed by atoms with van der Waals surface area (Å²) < 4.78 is 41.1. The van der Waals surface area contributed by atoms with E-state index in [2.05, 4.69) is 25.5 Å². The highest BCUT2D eigenvalue weighted by Gasteiger charge is 2.49. The van der Waals surface area contributed by atoms with Gasteiger partial charge in [-0.3, -0.25) is 38.9 Å². The lowest BCUT2D eigenvalue weighted by Gasteiger charge is -2.56. The Hall–Kier alpha value is -4.76. The molecule has 308 valence electrons. The fourth-order valence-corrected chi connectivity index (χ4v) is 9.94. The quantitative estimate of drug-likeness (QED) is 0.187. The number of carbonyl (C=O) groups excluding carboxylic acids is 5. The summed E-state index contributed by atoms with van der Waals surface area (Å²) in [4.78, 5) is 69.0. The summed E-state index contributed by atoms with van der Waals surface area (Å²) in [5, 5.41) is 9.45. The van der Waals surface area contributed by atoms with Gasteiger partial charge in [0.05, 0.1) is 22.5 Å². The molecule has 2 aromatic carbocycles. The molecule has 5 fully saturated rings. The number of nitrogens with one attached hydrogen (secondary N) is 2. The third-order valence-electron chi connectivity index (χ3n) is 13.6. The Morgan fingerprint density at radius 3 is 2.34 bits per heavy atom. The number of anilines is 2. The molecule has 1 unspecified atom stereocenters. The predicted molar refractivity (Wildman–Crippen MR) is 209 cm³/mol. The minimum atomic E-state index is -4.53. The first-order valence-corrected chi connectivity index (χ1v) is 20.5. The molecule has 1 atom stereocenters. The van der Waals surface area contributed by atoms with Gasteiger partial charge in [0, 0.05) is 43.0 Å². The van der Waals surface area contributed by atoms with E-state index in [-0.39, 0.29) is 29.5 Å². The van der Waals surface area contributed by atoms with Gasteiger partial charge in [0.15, 0.2) is 0 Å². The van der Waals surface area contributed by atoms with Crippen LogP contribution in [0.3, 0.4) is 0 Å². The Morgan fingerprint density at radius 2 is 1.72 bits per heavy atom. The van der Waals surface area contributed by atoms with Crippen molar-refractivity contribution in [1.29, 1.82) is 0 Å². The average molecular weight is 822 g/mol. The number of amides is 5. The largest absolute Gasteiger partial charge is 0.416 e. The number of aromatic nitrogens is 2. The lowest BCUT2D eigenvalue weighted by Crippen LogP contribution is -2.56. The van der Waals surface area contributed by atoms with E-state index >= 15 is 0 Å². The summed E-state index contributed by atoms with van der Waals surface area (Å²) in [6, 6.07) is 8.14. The molecule has 2 saturated carbocycles. The molecule has 8 rings (SSSR count). The molecular weight excluding hydrogens is 775 g/mol. The number of aryl methyl sites for hydroxylation is 1. The molecule has 2 aliphatic carbocycles. The van der Waals surface area contributed by atoms with Gasteiger partial charge in [-0.15, -0.1) is 0 Å². The molecule has 5 aliphatic rings. The SMILES string of the molecule is Cc1ccc(N2CCC3(CC2)CC(N2CCC(c4cnn(C5(C(=O)Nc6ccc(C(F)(F)F)cc6Cl)CCC5)c4)CC2)C3)cc1C(=O)N(C=O)C1CCC(=O)NC1=O. The van der Waals surface area contributed by atoms with Crippen molar-refractivity contribution in [3.63, 3.8) is 0 Å². The second-order valence-electron chi connectivity index (χ2n) is 16.9. The van der Waals surface area contributed by atoms with Gasteiger partial charge in [0.2, 0.25) is 18.2 Å². The van der Waals surface area contributed by atoms with E-state index in [4.69, 9.17) is 11.6 Å². The van der Waals surface area contributed by atoms with Crippen molar-refractivity contribution in [2.24, 2.45) is 5.41 Å². The van der Waals surface area contributed by atoms with E-state index in [0.29, 0.717) is 47.8 Å². The zero-order chi connectivity index (χ0) is 41.0. The molecule has 58 heavy (non-hydrogen) atoms. The Balaban J connectivity index is 0.823. The van der Waals surface area contributed by atoms with Crippen molar-refractivity contribution >= 4 is 53.0 Å². The fourth-order valence-electron chi connectivity index (χ4n) is 9.72. The summed E-state index contributed by atoms with van der Waals surface area (Å²) in [6.07, 6.45) is 8.24. The number of imide groups is 2. The second-order valence-corrected chi connectivity index (χ2v) is 17.3. The first kappa shape index (κ1) is 40.0. The smallest absolute Gasteiger partial charge is 0.371 e. The Bertz CT molecular complexity index is 2110. The summed E-state index contributed by atoms with van der Waals surface area (Å²) in [6.45, 7) is 5.49. The van der Waals surface area contributed by atoms with Gasteiger partial charge in [-0.25, -0.2) is 0 Å².